The Morgan fingerprint density at radius 3 is 1.96 bits per heavy atom. The van der Waals surface area contributed by atoms with Gasteiger partial charge in [-0.3, -0.25) is 0 Å². The van der Waals surface area contributed by atoms with Gasteiger partial charge in [-0.15, -0.1) is 0 Å². The molecule has 1 N–H and O–H groups in total. The molecule has 25 heavy (non-hydrogen) atoms. The number of aliphatic hydroxyl groups excluding tert-OH is 1. The largest absolute Gasteiger partial charge is 0.391 e. The minimum Gasteiger partial charge on any atom is -0.391 e. The molecule has 0 amide bonds. The normalized spacial score (nSPS) is 14.0. The summed E-state index contributed by atoms with van der Waals surface area (Å²) in [5.74, 6) is 0. The van der Waals surface area contributed by atoms with Gasteiger partial charge in [-0.1, -0.05) is 69.8 Å². The quantitative estimate of drug-likeness (QED) is 0.240. The highest BCUT2D eigenvalue weighted by molar-refractivity contribution is 4.92. The van der Waals surface area contributed by atoms with Crippen LogP contribution >= 0.6 is 0 Å². The topological polar surface area (TPSA) is 29.5 Å². The Kier molecular flexibility index (Phi) is 16.4. The molecule has 0 rings (SSSR count). The van der Waals surface area contributed by atoms with Crippen LogP contribution in [0.2, 0.25) is 0 Å². The zero-order valence-corrected chi connectivity index (χ0v) is 17.4. The van der Waals surface area contributed by atoms with Gasteiger partial charge in [0.15, 0.2) is 0 Å². The van der Waals surface area contributed by atoms with E-state index in [-0.39, 0.29) is 11.7 Å². The fourth-order valence-corrected chi connectivity index (χ4v) is 2.62. The van der Waals surface area contributed by atoms with Crippen LogP contribution in [0.5, 0.6) is 0 Å². The van der Waals surface area contributed by atoms with Crippen LogP contribution in [-0.2, 0) is 4.74 Å². The van der Waals surface area contributed by atoms with E-state index in [1.54, 1.807) is 0 Å². The molecule has 2 heteroatoms. The number of rotatable bonds is 16. The first-order valence-corrected chi connectivity index (χ1v) is 10.6. The predicted molar refractivity (Wildman–Crippen MR) is 111 cm³/mol. The lowest BCUT2D eigenvalue weighted by atomic mass is 10.1. The highest BCUT2D eigenvalue weighted by Crippen LogP contribution is 2.12. The second-order valence-electron chi connectivity index (χ2n) is 8.10. The Balaban J connectivity index is 3.31. The molecule has 0 aliphatic heterocycles. The van der Waals surface area contributed by atoms with Gasteiger partial charge in [0.25, 0.3) is 0 Å². The van der Waals surface area contributed by atoms with Crippen molar-refractivity contribution in [1.29, 1.82) is 0 Å². The molecule has 0 aromatic carbocycles. The molecular weight excluding hydrogens is 308 g/mol. The van der Waals surface area contributed by atoms with Crippen molar-refractivity contribution in [1.82, 2.24) is 0 Å². The maximum absolute atomic E-state index is 9.88. The zero-order chi connectivity index (χ0) is 18.8. The summed E-state index contributed by atoms with van der Waals surface area (Å²) in [6.45, 7) is 8.79. The first kappa shape index (κ1) is 24.4. The lowest BCUT2D eigenvalue weighted by molar-refractivity contribution is -0.0509. The summed E-state index contributed by atoms with van der Waals surface area (Å²) in [5.41, 5.74) is -0.153. The smallest absolute Gasteiger partial charge is 0.0774 e. The molecule has 0 aliphatic rings. The lowest BCUT2D eigenvalue weighted by Gasteiger charge is -2.21. The molecule has 0 aromatic heterocycles. The number of hydrogen-bond acceptors (Lipinski definition) is 2. The molecular formula is C23H44O2. The summed E-state index contributed by atoms with van der Waals surface area (Å²) >= 11 is 0. The number of hydrogen-bond donors (Lipinski definition) is 1. The Labute approximate surface area is 157 Å². The Hall–Kier alpha value is -0.600. The van der Waals surface area contributed by atoms with Crippen LogP contribution in [0.1, 0.15) is 105 Å². The van der Waals surface area contributed by atoms with E-state index in [1.165, 1.54) is 57.8 Å². The van der Waals surface area contributed by atoms with Crippen molar-refractivity contribution in [3.8, 4) is 0 Å². The molecule has 0 saturated carbocycles. The number of aliphatic hydroxyl groups is 1. The Bertz CT molecular complexity index is 325. The van der Waals surface area contributed by atoms with Crippen molar-refractivity contribution in [2.24, 2.45) is 0 Å². The van der Waals surface area contributed by atoms with Crippen molar-refractivity contribution in [2.75, 3.05) is 6.61 Å². The Morgan fingerprint density at radius 1 is 0.800 bits per heavy atom. The van der Waals surface area contributed by atoms with Gasteiger partial charge in [0.05, 0.1) is 18.3 Å². The highest BCUT2D eigenvalue weighted by atomic mass is 16.5. The third-order valence-corrected chi connectivity index (χ3v) is 4.20. The molecule has 0 aromatic rings. The van der Waals surface area contributed by atoms with Crippen LogP contribution in [0, 0.1) is 0 Å². The van der Waals surface area contributed by atoms with Gasteiger partial charge in [0.2, 0.25) is 0 Å². The van der Waals surface area contributed by atoms with Crippen molar-refractivity contribution in [3.05, 3.63) is 24.3 Å². The van der Waals surface area contributed by atoms with E-state index >= 15 is 0 Å². The van der Waals surface area contributed by atoms with E-state index in [0.717, 1.165) is 19.3 Å². The molecule has 0 radical (unpaired) electrons. The van der Waals surface area contributed by atoms with Gasteiger partial charge in [0.1, 0.15) is 0 Å². The first-order chi connectivity index (χ1) is 12.0. The second kappa shape index (κ2) is 16.8. The third-order valence-electron chi connectivity index (χ3n) is 4.20. The number of unbranched alkanes of at least 4 members (excludes halogenated alkanes) is 8. The summed E-state index contributed by atoms with van der Waals surface area (Å²) in [7, 11) is 0. The van der Waals surface area contributed by atoms with Gasteiger partial charge in [-0.05, 0) is 59.3 Å². The number of allylic oxidation sites excluding steroid dienone is 4. The molecule has 0 heterocycles. The van der Waals surface area contributed by atoms with E-state index in [2.05, 4.69) is 31.2 Å². The summed E-state index contributed by atoms with van der Waals surface area (Å²) < 4.78 is 5.60. The Morgan fingerprint density at radius 2 is 1.36 bits per heavy atom. The lowest BCUT2D eigenvalue weighted by Crippen LogP contribution is -2.26. The monoisotopic (exact) mass is 352 g/mol. The van der Waals surface area contributed by atoms with Crippen LogP contribution < -0.4 is 0 Å². The summed E-state index contributed by atoms with van der Waals surface area (Å²) in [4.78, 5) is 0. The zero-order valence-electron chi connectivity index (χ0n) is 17.4. The second-order valence-corrected chi connectivity index (χ2v) is 8.10. The van der Waals surface area contributed by atoms with E-state index in [4.69, 9.17) is 4.74 Å². The molecule has 1 unspecified atom stereocenters. The fraction of sp³-hybridized carbons (Fsp3) is 0.826. The molecule has 1 atom stereocenters. The van der Waals surface area contributed by atoms with Crippen molar-refractivity contribution < 1.29 is 9.84 Å². The third kappa shape index (κ3) is 21.4. The molecule has 0 spiro atoms. The fourth-order valence-electron chi connectivity index (χ4n) is 2.62. The average Bonchev–Trinajstić information content (AvgIpc) is 2.56. The van der Waals surface area contributed by atoms with Crippen molar-refractivity contribution in [2.45, 2.75) is 116 Å². The molecule has 2 nitrogen and oxygen atoms in total. The first-order valence-electron chi connectivity index (χ1n) is 10.6. The van der Waals surface area contributed by atoms with Crippen LogP contribution in [0.4, 0.5) is 0 Å². The van der Waals surface area contributed by atoms with Crippen molar-refractivity contribution >= 4 is 0 Å². The van der Waals surface area contributed by atoms with E-state index in [9.17, 15) is 5.11 Å². The SMILES string of the molecule is CCCCCC=CCC=CCCCCCCCC(O)COC(C)(C)C. The van der Waals surface area contributed by atoms with Gasteiger partial charge >= 0.3 is 0 Å². The van der Waals surface area contributed by atoms with Gasteiger partial charge in [-0.2, -0.15) is 0 Å². The standard InChI is InChI=1S/C23H44O2/c1-5-6-7-8-9-10-11-12-13-14-15-16-17-18-19-20-22(24)21-25-23(2,3)4/h9-10,12-13,22,24H,5-8,11,14-21H2,1-4H3. The molecule has 0 bridgehead atoms. The van der Waals surface area contributed by atoms with E-state index in [1.807, 2.05) is 20.8 Å². The minimum absolute atomic E-state index is 0.153. The van der Waals surface area contributed by atoms with E-state index < -0.39 is 0 Å². The molecule has 0 aliphatic carbocycles. The average molecular weight is 353 g/mol. The van der Waals surface area contributed by atoms with Crippen LogP contribution in [0.3, 0.4) is 0 Å². The van der Waals surface area contributed by atoms with Gasteiger partial charge < -0.3 is 9.84 Å². The maximum atomic E-state index is 9.88. The highest BCUT2D eigenvalue weighted by Gasteiger charge is 2.13. The van der Waals surface area contributed by atoms with Crippen molar-refractivity contribution in [3.63, 3.8) is 0 Å². The molecule has 0 fully saturated rings. The summed E-state index contributed by atoms with van der Waals surface area (Å²) in [5, 5.41) is 9.88. The summed E-state index contributed by atoms with van der Waals surface area (Å²) in [6.07, 6.45) is 23.5. The summed E-state index contributed by atoms with van der Waals surface area (Å²) in [6, 6.07) is 0. The van der Waals surface area contributed by atoms with Gasteiger partial charge in [-0.25, -0.2) is 0 Å². The van der Waals surface area contributed by atoms with Gasteiger partial charge in [0, 0.05) is 0 Å². The van der Waals surface area contributed by atoms with E-state index in [0.29, 0.717) is 6.61 Å². The van der Waals surface area contributed by atoms with Crippen LogP contribution in [0.15, 0.2) is 24.3 Å². The molecule has 148 valence electrons. The minimum atomic E-state index is -0.308. The number of ether oxygens (including phenoxy) is 1. The van der Waals surface area contributed by atoms with Crippen LogP contribution in [0.25, 0.3) is 0 Å². The maximum Gasteiger partial charge on any atom is 0.0774 e. The predicted octanol–water partition coefficient (Wildman–Crippen LogP) is 6.98. The molecule has 0 saturated heterocycles. The van der Waals surface area contributed by atoms with Crippen LogP contribution in [-0.4, -0.2) is 23.4 Å².